The Kier molecular flexibility index (Phi) is 5.12. The minimum absolute atomic E-state index is 0.0403. The lowest BCUT2D eigenvalue weighted by Crippen LogP contribution is -2.10. The second kappa shape index (κ2) is 7.28. The van der Waals surface area contributed by atoms with Crippen LogP contribution in [0.15, 0.2) is 54.6 Å². The van der Waals surface area contributed by atoms with Crippen molar-refractivity contribution in [2.24, 2.45) is 0 Å². The molecule has 0 aliphatic heterocycles. The van der Waals surface area contributed by atoms with Crippen LogP contribution >= 0.6 is 0 Å². The number of esters is 1. The summed E-state index contributed by atoms with van der Waals surface area (Å²) in [4.78, 5) is 11.5. The third-order valence-corrected chi connectivity index (χ3v) is 2.60. The van der Waals surface area contributed by atoms with Gasteiger partial charge in [0, 0.05) is 6.42 Å². The van der Waals surface area contributed by atoms with Crippen molar-refractivity contribution in [1.82, 2.24) is 0 Å². The van der Waals surface area contributed by atoms with Gasteiger partial charge in [0.1, 0.15) is 5.75 Å². The first-order chi connectivity index (χ1) is 9.75. The number of carbonyl (C=O) groups excluding carboxylic acids is 1. The standard InChI is InChI=1S/C16H15FO3/c17-14-9-4-5-10-15(14)20-16(18)11-6-12-19-13-7-2-1-3-8-13/h1-5,7-10H,6,11-12H2. The van der Waals surface area contributed by atoms with Gasteiger partial charge in [0.25, 0.3) is 0 Å². The van der Waals surface area contributed by atoms with Crippen LogP contribution in [0.25, 0.3) is 0 Å². The number of para-hydroxylation sites is 2. The van der Waals surface area contributed by atoms with E-state index >= 15 is 0 Å². The number of hydrogen-bond donors (Lipinski definition) is 0. The van der Waals surface area contributed by atoms with E-state index in [4.69, 9.17) is 9.47 Å². The van der Waals surface area contributed by atoms with Gasteiger partial charge in [-0.25, -0.2) is 4.39 Å². The summed E-state index contributed by atoms with van der Waals surface area (Å²) in [6, 6.07) is 15.2. The van der Waals surface area contributed by atoms with Gasteiger partial charge in [-0.3, -0.25) is 4.79 Å². The zero-order valence-corrected chi connectivity index (χ0v) is 10.9. The highest BCUT2D eigenvalue weighted by Crippen LogP contribution is 2.16. The molecule has 0 amide bonds. The Bertz CT molecular complexity index is 555. The third-order valence-electron chi connectivity index (χ3n) is 2.60. The molecule has 2 aromatic rings. The summed E-state index contributed by atoms with van der Waals surface area (Å²) < 4.78 is 23.6. The summed E-state index contributed by atoms with van der Waals surface area (Å²) in [5.41, 5.74) is 0. The number of benzene rings is 2. The van der Waals surface area contributed by atoms with E-state index in [0.717, 1.165) is 5.75 Å². The second-order valence-corrected chi connectivity index (χ2v) is 4.17. The molecular formula is C16H15FO3. The molecule has 2 aromatic carbocycles. The van der Waals surface area contributed by atoms with Crippen LogP contribution in [0, 0.1) is 5.82 Å². The van der Waals surface area contributed by atoms with Gasteiger partial charge in [0.15, 0.2) is 11.6 Å². The van der Waals surface area contributed by atoms with Gasteiger partial charge in [0.05, 0.1) is 6.61 Å². The van der Waals surface area contributed by atoms with Crippen LogP contribution < -0.4 is 9.47 Å². The van der Waals surface area contributed by atoms with Crippen LogP contribution in [-0.4, -0.2) is 12.6 Å². The van der Waals surface area contributed by atoms with E-state index in [1.807, 2.05) is 30.3 Å². The van der Waals surface area contributed by atoms with Crippen molar-refractivity contribution in [3.8, 4) is 11.5 Å². The quantitative estimate of drug-likeness (QED) is 0.459. The van der Waals surface area contributed by atoms with Crippen LogP contribution in [-0.2, 0) is 4.79 Å². The molecular weight excluding hydrogens is 259 g/mol. The minimum atomic E-state index is -0.540. The van der Waals surface area contributed by atoms with Crippen molar-refractivity contribution in [2.75, 3.05) is 6.61 Å². The molecule has 0 heterocycles. The molecule has 0 aliphatic carbocycles. The van der Waals surface area contributed by atoms with Crippen molar-refractivity contribution in [1.29, 1.82) is 0 Å². The lowest BCUT2D eigenvalue weighted by molar-refractivity contribution is -0.134. The van der Waals surface area contributed by atoms with Crippen LogP contribution in [0.5, 0.6) is 11.5 Å². The van der Waals surface area contributed by atoms with Gasteiger partial charge in [-0.05, 0) is 30.7 Å². The number of halogens is 1. The molecule has 0 radical (unpaired) electrons. The Hall–Kier alpha value is -2.36. The lowest BCUT2D eigenvalue weighted by atomic mass is 10.3. The van der Waals surface area contributed by atoms with Gasteiger partial charge in [-0.2, -0.15) is 0 Å². The molecule has 0 aromatic heterocycles. The monoisotopic (exact) mass is 274 g/mol. The normalized spacial score (nSPS) is 10.1. The predicted octanol–water partition coefficient (Wildman–Crippen LogP) is 3.59. The highest BCUT2D eigenvalue weighted by Gasteiger charge is 2.08. The van der Waals surface area contributed by atoms with Gasteiger partial charge in [-0.1, -0.05) is 30.3 Å². The highest BCUT2D eigenvalue weighted by molar-refractivity contribution is 5.72. The molecule has 0 atom stereocenters. The summed E-state index contributed by atoms with van der Waals surface area (Å²) in [7, 11) is 0. The maximum absolute atomic E-state index is 13.3. The molecule has 20 heavy (non-hydrogen) atoms. The molecule has 0 spiro atoms. The molecule has 0 saturated heterocycles. The molecule has 4 heteroatoms. The highest BCUT2D eigenvalue weighted by atomic mass is 19.1. The maximum atomic E-state index is 13.3. The van der Waals surface area contributed by atoms with E-state index in [9.17, 15) is 9.18 Å². The number of ether oxygens (including phenoxy) is 2. The average Bonchev–Trinajstić information content (AvgIpc) is 2.47. The van der Waals surface area contributed by atoms with E-state index in [-0.39, 0.29) is 12.2 Å². The fourth-order valence-corrected chi connectivity index (χ4v) is 1.62. The minimum Gasteiger partial charge on any atom is -0.494 e. The topological polar surface area (TPSA) is 35.5 Å². The Morgan fingerprint density at radius 3 is 2.45 bits per heavy atom. The first-order valence-electron chi connectivity index (χ1n) is 6.39. The molecule has 0 unspecified atom stereocenters. The molecule has 0 fully saturated rings. The fraction of sp³-hybridized carbons (Fsp3) is 0.188. The van der Waals surface area contributed by atoms with Crippen molar-refractivity contribution in [3.05, 3.63) is 60.4 Å². The summed E-state index contributed by atoms with van der Waals surface area (Å²) in [5, 5.41) is 0. The van der Waals surface area contributed by atoms with Gasteiger partial charge < -0.3 is 9.47 Å². The van der Waals surface area contributed by atoms with Crippen molar-refractivity contribution >= 4 is 5.97 Å². The number of carbonyl (C=O) groups is 1. The van der Waals surface area contributed by atoms with Crippen LogP contribution in [0.2, 0.25) is 0 Å². The summed E-state index contributed by atoms with van der Waals surface area (Å²) >= 11 is 0. The van der Waals surface area contributed by atoms with Crippen molar-refractivity contribution < 1.29 is 18.7 Å². The first-order valence-corrected chi connectivity index (χ1v) is 6.39. The fourth-order valence-electron chi connectivity index (χ4n) is 1.62. The smallest absolute Gasteiger partial charge is 0.311 e. The van der Waals surface area contributed by atoms with E-state index in [1.165, 1.54) is 12.1 Å². The molecule has 0 bridgehead atoms. The van der Waals surface area contributed by atoms with E-state index < -0.39 is 11.8 Å². The zero-order valence-electron chi connectivity index (χ0n) is 10.9. The lowest BCUT2D eigenvalue weighted by Gasteiger charge is -2.06. The first kappa shape index (κ1) is 14.1. The largest absolute Gasteiger partial charge is 0.494 e. The molecule has 3 nitrogen and oxygen atoms in total. The van der Waals surface area contributed by atoms with E-state index in [1.54, 1.807) is 12.1 Å². The predicted molar refractivity (Wildman–Crippen MR) is 73.2 cm³/mol. The molecule has 0 aliphatic rings. The Balaban J connectivity index is 1.69. The van der Waals surface area contributed by atoms with Crippen LogP contribution in [0.1, 0.15) is 12.8 Å². The number of rotatable bonds is 6. The van der Waals surface area contributed by atoms with E-state index in [0.29, 0.717) is 13.0 Å². The summed E-state index contributed by atoms with van der Waals surface area (Å²) in [5.74, 6) is -0.287. The van der Waals surface area contributed by atoms with Gasteiger partial charge in [-0.15, -0.1) is 0 Å². The van der Waals surface area contributed by atoms with Gasteiger partial charge >= 0.3 is 5.97 Å². The summed E-state index contributed by atoms with van der Waals surface area (Å²) in [6.07, 6.45) is 0.698. The van der Waals surface area contributed by atoms with Gasteiger partial charge in [0.2, 0.25) is 0 Å². The average molecular weight is 274 g/mol. The van der Waals surface area contributed by atoms with Crippen molar-refractivity contribution in [3.63, 3.8) is 0 Å². The second-order valence-electron chi connectivity index (χ2n) is 4.17. The SMILES string of the molecule is O=C(CCCOc1ccccc1)Oc1ccccc1F. The summed E-state index contributed by atoms with van der Waals surface area (Å²) in [6.45, 7) is 0.413. The zero-order chi connectivity index (χ0) is 14.2. The third kappa shape index (κ3) is 4.39. The molecule has 0 N–H and O–H groups in total. The Morgan fingerprint density at radius 2 is 1.70 bits per heavy atom. The molecule has 0 saturated carbocycles. The number of hydrogen-bond acceptors (Lipinski definition) is 3. The Labute approximate surface area is 117 Å². The molecule has 2 rings (SSSR count). The van der Waals surface area contributed by atoms with Crippen LogP contribution in [0.3, 0.4) is 0 Å². The van der Waals surface area contributed by atoms with Crippen LogP contribution in [0.4, 0.5) is 4.39 Å². The maximum Gasteiger partial charge on any atom is 0.311 e. The van der Waals surface area contributed by atoms with Crippen molar-refractivity contribution in [2.45, 2.75) is 12.8 Å². The van der Waals surface area contributed by atoms with E-state index in [2.05, 4.69) is 0 Å². The Morgan fingerprint density at radius 1 is 1.00 bits per heavy atom. The molecule has 104 valence electrons.